The number of aliphatic imine (C=N–C) groups is 1. The number of aromatic nitrogens is 2. The van der Waals surface area contributed by atoms with Crippen molar-refractivity contribution < 1.29 is 13.6 Å². The number of alkyl halides is 2. The molecule has 7 nitrogen and oxygen atoms in total. The lowest BCUT2D eigenvalue weighted by atomic mass is 9.94. The van der Waals surface area contributed by atoms with Gasteiger partial charge in [-0.2, -0.15) is 10.4 Å². The van der Waals surface area contributed by atoms with Gasteiger partial charge in [-0.15, -0.1) is 0 Å². The van der Waals surface area contributed by atoms with Crippen LogP contribution in [0.1, 0.15) is 31.9 Å². The van der Waals surface area contributed by atoms with E-state index in [2.05, 4.69) is 22.1 Å². The van der Waals surface area contributed by atoms with E-state index in [0.717, 1.165) is 4.68 Å². The van der Waals surface area contributed by atoms with Crippen LogP contribution in [-0.2, 0) is 11.3 Å². The quantitative estimate of drug-likeness (QED) is 0.461. The highest BCUT2D eigenvalue weighted by Crippen LogP contribution is 2.35. The molecule has 1 N–H and O–H groups in total. The first kappa shape index (κ1) is 20.9. The Balaban J connectivity index is 2.11. The molecule has 0 spiro atoms. The molecule has 0 saturated carbocycles. The second-order valence-corrected chi connectivity index (χ2v) is 6.22. The fraction of sp³-hybridized carbons (Fsp3) is 0.316. The number of hydrogen-bond acceptors (Lipinski definition) is 5. The minimum absolute atomic E-state index is 0.0884. The molecule has 0 bridgehead atoms. The van der Waals surface area contributed by atoms with Gasteiger partial charge < -0.3 is 5.32 Å². The van der Waals surface area contributed by atoms with Crippen molar-refractivity contribution in [3.8, 4) is 6.07 Å². The molecule has 1 aromatic rings. The smallest absolute Gasteiger partial charge is 0.267 e. The molecule has 1 heterocycles. The van der Waals surface area contributed by atoms with Crippen LogP contribution in [0.3, 0.4) is 0 Å². The van der Waals surface area contributed by atoms with Crippen molar-refractivity contribution in [2.24, 2.45) is 4.99 Å². The van der Waals surface area contributed by atoms with Crippen molar-refractivity contribution in [1.82, 2.24) is 15.1 Å². The molecule has 0 radical (unpaired) electrons. The summed E-state index contributed by atoms with van der Waals surface area (Å²) in [7, 11) is 0. The highest BCUT2D eigenvalue weighted by atomic mass is 19.3. The van der Waals surface area contributed by atoms with Gasteiger partial charge in [-0.3, -0.25) is 14.6 Å². The van der Waals surface area contributed by atoms with Gasteiger partial charge in [0.15, 0.2) is 0 Å². The van der Waals surface area contributed by atoms with Gasteiger partial charge >= 0.3 is 0 Å². The van der Waals surface area contributed by atoms with Gasteiger partial charge in [-0.1, -0.05) is 6.08 Å². The highest BCUT2D eigenvalue weighted by molar-refractivity contribution is 5.77. The molecule has 1 aliphatic carbocycles. The molecule has 2 rings (SSSR count). The second kappa shape index (κ2) is 8.99. The lowest BCUT2D eigenvalue weighted by Gasteiger charge is -2.21. The first-order valence-corrected chi connectivity index (χ1v) is 8.45. The van der Waals surface area contributed by atoms with Crippen molar-refractivity contribution >= 4 is 18.2 Å². The van der Waals surface area contributed by atoms with Crippen LogP contribution in [0.4, 0.5) is 8.78 Å². The van der Waals surface area contributed by atoms with Crippen LogP contribution in [0.25, 0.3) is 5.57 Å². The summed E-state index contributed by atoms with van der Waals surface area (Å²) in [5, 5.41) is 15.4. The lowest BCUT2D eigenvalue weighted by molar-refractivity contribution is -0.121. The van der Waals surface area contributed by atoms with Crippen LogP contribution >= 0.6 is 0 Å². The summed E-state index contributed by atoms with van der Waals surface area (Å²) in [6.07, 6.45) is 3.79. The highest BCUT2D eigenvalue weighted by Gasteiger charge is 2.31. The van der Waals surface area contributed by atoms with E-state index in [1.54, 1.807) is 6.92 Å². The molecule has 0 saturated heterocycles. The van der Waals surface area contributed by atoms with E-state index >= 15 is 0 Å². The number of carbonyl (C=O) groups excluding carboxylic acids is 1. The maximum atomic E-state index is 13.3. The predicted molar refractivity (Wildman–Crippen MR) is 100 cm³/mol. The Labute approximate surface area is 160 Å². The Morgan fingerprint density at radius 2 is 2.25 bits per heavy atom. The average molecular weight is 387 g/mol. The van der Waals surface area contributed by atoms with Crippen LogP contribution in [0, 0.1) is 11.3 Å². The molecule has 0 aliphatic heterocycles. The Morgan fingerprint density at radius 3 is 2.86 bits per heavy atom. The Bertz CT molecular complexity index is 967. The van der Waals surface area contributed by atoms with Gasteiger partial charge in [0, 0.05) is 24.6 Å². The second-order valence-electron chi connectivity index (χ2n) is 6.22. The fourth-order valence-electron chi connectivity index (χ4n) is 2.53. The van der Waals surface area contributed by atoms with Crippen LogP contribution in [-0.4, -0.2) is 28.3 Å². The van der Waals surface area contributed by atoms with E-state index in [-0.39, 0.29) is 31.5 Å². The number of nitrogens with one attached hydrogen (secondary N) is 1. The third-order valence-electron chi connectivity index (χ3n) is 4.01. The van der Waals surface area contributed by atoms with E-state index in [1.807, 2.05) is 6.07 Å². The summed E-state index contributed by atoms with van der Waals surface area (Å²) in [5.41, 5.74) is 1.06. The largest absolute Gasteiger partial charge is 0.328 e. The maximum absolute atomic E-state index is 13.3. The van der Waals surface area contributed by atoms with E-state index < -0.39 is 17.4 Å². The Morgan fingerprint density at radius 1 is 1.50 bits per heavy atom. The summed E-state index contributed by atoms with van der Waals surface area (Å²) < 4.78 is 27.5. The van der Waals surface area contributed by atoms with E-state index in [4.69, 9.17) is 5.26 Å². The number of carbonyl (C=O) groups is 1. The molecular formula is C19H19F2N5O2. The zero-order valence-electron chi connectivity index (χ0n) is 15.3. The number of halogens is 2. The van der Waals surface area contributed by atoms with Crippen LogP contribution in [0.5, 0.6) is 0 Å². The third-order valence-corrected chi connectivity index (χ3v) is 4.01. The van der Waals surface area contributed by atoms with Crippen LogP contribution in [0.2, 0.25) is 0 Å². The topological polar surface area (TPSA) is 100 Å². The SMILES string of the molecule is C=N/C(C#N)=C\C=C(/C)NC(=O)Cn1nc(C2=CCC(F)(F)CC2)ccc1=O. The molecule has 1 aliphatic rings. The molecule has 0 fully saturated rings. The monoisotopic (exact) mass is 387 g/mol. The summed E-state index contributed by atoms with van der Waals surface area (Å²) in [6, 6.07) is 4.54. The standard InChI is InChI=1S/C19H19F2N5O2/c1-13(3-4-15(11-22)23-2)24-17(27)12-26-18(28)6-5-16(25-26)14-7-9-19(20,21)10-8-14/h3-7H,2,8-10,12H2,1H3,(H,24,27)/b13-3+,15-4-. The van der Waals surface area contributed by atoms with Crippen LogP contribution in [0.15, 0.2) is 51.5 Å². The number of allylic oxidation sites excluding steroid dienone is 6. The zero-order chi connectivity index (χ0) is 20.7. The molecule has 0 aromatic carbocycles. The lowest BCUT2D eigenvalue weighted by Crippen LogP contribution is -2.33. The summed E-state index contributed by atoms with van der Waals surface area (Å²) in [5.74, 6) is -3.22. The van der Waals surface area contributed by atoms with Crippen molar-refractivity contribution in [1.29, 1.82) is 5.26 Å². The number of hydrogen-bond donors (Lipinski definition) is 1. The van der Waals surface area contributed by atoms with Gasteiger partial charge in [-0.25, -0.2) is 13.5 Å². The van der Waals surface area contributed by atoms with Gasteiger partial charge in [0.05, 0.1) is 5.69 Å². The van der Waals surface area contributed by atoms with Crippen molar-refractivity contribution in [3.05, 3.63) is 57.8 Å². The van der Waals surface area contributed by atoms with Crippen molar-refractivity contribution in [2.75, 3.05) is 0 Å². The normalized spacial score (nSPS) is 16.7. The zero-order valence-corrected chi connectivity index (χ0v) is 15.3. The molecule has 0 unspecified atom stereocenters. The molecule has 146 valence electrons. The van der Waals surface area contributed by atoms with Crippen LogP contribution < -0.4 is 10.9 Å². The van der Waals surface area contributed by atoms with Crippen molar-refractivity contribution in [2.45, 2.75) is 38.7 Å². The minimum atomic E-state index is -2.72. The van der Waals surface area contributed by atoms with Crippen molar-refractivity contribution in [3.63, 3.8) is 0 Å². The van der Waals surface area contributed by atoms with Gasteiger partial charge in [-0.05, 0) is 43.9 Å². The third kappa shape index (κ3) is 5.81. The molecule has 9 heteroatoms. The maximum Gasteiger partial charge on any atom is 0.267 e. The van der Waals surface area contributed by atoms with E-state index in [0.29, 0.717) is 17.0 Å². The summed E-state index contributed by atoms with van der Waals surface area (Å²) in [4.78, 5) is 27.6. The molecule has 1 amide bonds. The van der Waals surface area contributed by atoms with E-state index in [1.165, 1.54) is 30.4 Å². The first-order chi connectivity index (χ1) is 13.2. The summed E-state index contributed by atoms with van der Waals surface area (Å²) >= 11 is 0. The Hall–Kier alpha value is -3.41. The summed E-state index contributed by atoms with van der Waals surface area (Å²) in [6.45, 7) is 4.51. The number of nitriles is 1. The molecular weight excluding hydrogens is 368 g/mol. The predicted octanol–water partition coefficient (Wildman–Crippen LogP) is 2.57. The molecule has 0 atom stereocenters. The van der Waals surface area contributed by atoms with Gasteiger partial charge in [0.1, 0.15) is 18.3 Å². The number of nitrogens with zero attached hydrogens (tertiary/aromatic N) is 4. The first-order valence-electron chi connectivity index (χ1n) is 8.45. The van der Waals surface area contributed by atoms with E-state index in [9.17, 15) is 18.4 Å². The Kier molecular flexibility index (Phi) is 6.71. The molecule has 28 heavy (non-hydrogen) atoms. The van der Waals surface area contributed by atoms with Gasteiger partial charge in [0.2, 0.25) is 5.91 Å². The molecule has 1 aromatic heterocycles. The number of amides is 1. The minimum Gasteiger partial charge on any atom is -0.328 e. The number of rotatable bonds is 6. The fourth-order valence-corrected chi connectivity index (χ4v) is 2.53. The van der Waals surface area contributed by atoms with Gasteiger partial charge in [0.25, 0.3) is 11.5 Å². The average Bonchev–Trinajstić information content (AvgIpc) is 2.64.